The van der Waals surface area contributed by atoms with Crippen molar-refractivity contribution in [2.24, 2.45) is 0 Å². The minimum Gasteiger partial charge on any atom is -0.710 e. The van der Waals surface area contributed by atoms with Crippen LogP contribution in [-0.2, 0) is 0 Å². The van der Waals surface area contributed by atoms with Gasteiger partial charge in [-0.1, -0.05) is 0 Å². The molecular weight excluding hydrogens is 252 g/mol. The van der Waals surface area contributed by atoms with Crippen molar-refractivity contribution in [2.75, 3.05) is 7.11 Å². The van der Waals surface area contributed by atoms with Crippen molar-refractivity contribution in [3.05, 3.63) is 59.4 Å². The molecule has 0 fully saturated rings. The molecule has 20 heavy (non-hydrogen) atoms. The van der Waals surface area contributed by atoms with Crippen molar-refractivity contribution in [3.63, 3.8) is 0 Å². The third-order valence-electron chi connectivity index (χ3n) is 3.26. The molecular formula is C16H14N2O2. The first-order valence-corrected chi connectivity index (χ1v) is 6.33. The molecule has 0 saturated carbocycles. The molecule has 0 aliphatic heterocycles. The number of rotatable bonds is 2. The maximum Gasteiger partial charge on any atom is 0.333 e. The van der Waals surface area contributed by atoms with Gasteiger partial charge >= 0.3 is 5.65 Å². The molecule has 0 N–H and O–H groups in total. The monoisotopic (exact) mass is 266 g/mol. The minimum absolute atomic E-state index is 0.443. The molecule has 3 rings (SSSR count). The van der Waals surface area contributed by atoms with E-state index in [0.29, 0.717) is 11.3 Å². The molecule has 0 unspecified atom stereocenters. The molecule has 0 aliphatic carbocycles. The van der Waals surface area contributed by atoms with E-state index in [2.05, 4.69) is 4.98 Å². The van der Waals surface area contributed by atoms with Gasteiger partial charge in [0.15, 0.2) is 0 Å². The van der Waals surface area contributed by atoms with Gasteiger partial charge in [0.2, 0.25) is 0 Å². The third-order valence-corrected chi connectivity index (χ3v) is 3.26. The maximum absolute atomic E-state index is 12.5. The summed E-state index contributed by atoms with van der Waals surface area (Å²) < 4.78 is 6.00. The smallest absolute Gasteiger partial charge is 0.333 e. The van der Waals surface area contributed by atoms with Crippen LogP contribution in [0.25, 0.3) is 22.3 Å². The van der Waals surface area contributed by atoms with Crippen molar-refractivity contribution in [1.82, 2.24) is 4.98 Å². The van der Waals surface area contributed by atoms with Crippen LogP contribution in [0.15, 0.2) is 48.5 Å². The number of nitrogens with zero attached hydrogens (tertiary/aromatic N) is 2. The quantitative estimate of drug-likeness (QED) is 0.529. The lowest BCUT2D eigenvalue weighted by molar-refractivity contribution is -0.567. The van der Waals surface area contributed by atoms with Gasteiger partial charge in [-0.25, -0.2) is 4.73 Å². The first-order chi connectivity index (χ1) is 9.69. The summed E-state index contributed by atoms with van der Waals surface area (Å²) in [5.74, 6) is 0.765. The van der Waals surface area contributed by atoms with Gasteiger partial charge in [0.05, 0.1) is 12.5 Å². The molecule has 0 aliphatic rings. The number of benzene rings is 1. The van der Waals surface area contributed by atoms with Crippen LogP contribution >= 0.6 is 0 Å². The molecule has 1 aromatic carbocycles. The largest absolute Gasteiger partial charge is 0.710 e. The first kappa shape index (κ1) is 12.4. The predicted molar refractivity (Wildman–Crippen MR) is 77.4 cm³/mol. The highest BCUT2D eigenvalue weighted by atomic mass is 16.5. The lowest BCUT2D eigenvalue weighted by Crippen LogP contribution is -2.31. The van der Waals surface area contributed by atoms with E-state index in [-0.39, 0.29) is 0 Å². The van der Waals surface area contributed by atoms with Crippen LogP contribution < -0.4 is 9.47 Å². The summed E-state index contributed by atoms with van der Waals surface area (Å²) in [7, 11) is 1.62. The average molecular weight is 266 g/mol. The van der Waals surface area contributed by atoms with Crippen molar-refractivity contribution >= 4 is 11.0 Å². The third kappa shape index (κ3) is 2.05. The summed E-state index contributed by atoms with van der Waals surface area (Å²) in [4.78, 5) is 4.32. The molecule has 0 radical (unpaired) electrons. The van der Waals surface area contributed by atoms with E-state index in [1.54, 1.807) is 7.11 Å². The van der Waals surface area contributed by atoms with Crippen LogP contribution in [0.4, 0.5) is 0 Å². The molecule has 0 bridgehead atoms. The highest BCUT2D eigenvalue weighted by Crippen LogP contribution is 2.21. The number of aryl methyl sites for hydroxylation is 1. The zero-order valence-electron chi connectivity index (χ0n) is 11.3. The Morgan fingerprint density at radius 2 is 1.70 bits per heavy atom. The van der Waals surface area contributed by atoms with Gasteiger partial charge in [0, 0.05) is 12.5 Å². The minimum atomic E-state index is 0.443. The lowest BCUT2D eigenvalue weighted by Gasteiger charge is -2.11. The van der Waals surface area contributed by atoms with Crippen molar-refractivity contribution in [3.8, 4) is 17.0 Å². The highest BCUT2D eigenvalue weighted by molar-refractivity contribution is 5.74. The second-order valence-corrected chi connectivity index (χ2v) is 4.61. The Hall–Kier alpha value is -2.62. The van der Waals surface area contributed by atoms with Crippen LogP contribution in [0.5, 0.6) is 5.75 Å². The van der Waals surface area contributed by atoms with Gasteiger partial charge in [-0.3, -0.25) is 0 Å². The number of aromatic nitrogens is 2. The first-order valence-electron chi connectivity index (χ1n) is 6.33. The van der Waals surface area contributed by atoms with Crippen molar-refractivity contribution in [1.29, 1.82) is 0 Å². The number of hydrogen-bond donors (Lipinski definition) is 0. The van der Waals surface area contributed by atoms with E-state index in [0.717, 1.165) is 27.1 Å². The average Bonchev–Trinajstić information content (AvgIpc) is 2.48. The summed E-state index contributed by atoms with van der Waals surface area (Å²) in [6.45, 7) is 1.87. The van der Waals surface area contributed by atoms with E-state index in [9.17, 15) is 5.21 Å². The summed E-state index contributed by atoms with van der Waals surface area (Å²) >= 11 is 0. The topological polar surface area (TPSA) is 49.1 Å². The molecule has 100 valence electrons. The number of pyridine rings is 2. The fourth-order valence-corrected chi connectivity index (χ4v) is 2.17. The van der Waals surface area contributed by atoms with Crippen LogP contribution in [0, 0.1) is 12.1 Å². The zero-order chi connectivity index (χ0) is 14.1. The molecule has 2 heterocycles. The second-order valence-electron chi connectivity index (χ2n) is 4.61. The highest BCUT2D eigenvalue weighted by Gasteiger charge is 2.12. The van der Waals surface area contributed by atoms with E-state index in [1.807, 2.05) is 55.5 Å². The molecule has 0 amide bonds. The Bertz CT molecular complexity index is 767. The summed E-state index contributed by atoms with van der Waals surface area (Å²) in [5, 5.41) is 13.3. The van der Waals surface area contributed by atoms with Crippen LogP contribution in [0.1, 0.15) is 5.69 Å². The predicted octanol–water partition coefficient (Wildman–Crippen LogP) is 2.85. The van der Waals surface area contributed by atoms with Gasteiger partial charge < -0.3 is 9.94 Å². The molecule has 0 spiro atoms. The number of hydrogen-bond acceptors (Lipinski definition) is 3. The number of ether oxygens (including phenoxy) is 1. The van der Waals surface area contributed by atoms with E-state index in [1.165, 1.54) is 0 Å². The molecule has 0 atom stereocenters. The van der Waals surface area contributed by atoms with E-state index < -0.39 is 0 Å². The molecule has 0 saturated heterocycles. The van der Waals surface area contributed by atoms with Gasteiger partial charge in [0.25, 0.3) is 0 Å². The molecule has 4 heteroatoms. The second kappa shape index (κ2) is 4.81. The normalized spacial score (nSPS) is 10.7. The summed E-state index contributed by atoms with van der Waals surface area (Å²) in [6, 6.07) is 14.9. The van der Waals surface area contributed by atoms with Gasteiger partial charge in [0.1, 0.15) is 17.1 Å². The van der Waals surface area contributed by atoms with Gasteiger partial charge in [-0.2, -0.15) is 0 Å². The van der Waals surface area contributed by atoms with Crippen LogP contribution in [0.3, 0.4) is 0 Å². The number of fused-ring (bicyclic) bond motifs is 1. The Morgan fingerprint density at radius 1 is 1.00 bits per heavy atom. The van der Waals surface area contributed by atoms with E-state index in [4.69, 9.17) is 4.74 Å². The Labute approximate surface area is 116 Å². The van der Waals surface area contributed by atoms with Crippen molar-refractivity contribution in [2.45, 2.75) is 6.92 Å². The molecule has 3 aromatic rings. The zero-order valence-corrected chi connectivity index (χ0v) is 11.3. The lowest BCUT2D eigenvalue weighted by atomic mass is 10.1. The van der Waals surface area contributed by atoms with Crippen molar-refractivity contribution < 1.29 is 9.47 Å². The van der Waals surface area contributed by atoms with E-state index >= 15 is 0 Å². The Morgan fingerprint density at radius 3 is 2.40 bits per heavy atom. The summed E-state index contributed by atoms with van der Waals surface area (Å²) in [6.07, 6.45) is 0. The SMILES string of the molecule is COc1ccc(-c2ccc3ccc(C)nc3[n+]2[O-])cc1. The molecule has 2 aromatic heterocycles. The summed E-state index contributed by atoms with van der Waals surface area (Å²) in [5.41, 5.74) is 2.69. The maximum atomic E-state index is 12.5. The molecule has 4 nitrogen and oxygen atoms in total. The van der Waals surface area contributed by atoms with Crippen LogP contribution in [-0.4, -0.2) is 12.1 Å². The standard InChI is InChI=1S/C16H14N2O2/c1-11-3-4-13-7-10-15(18(19)16(13)17-11)12-5-8-14(20-2)9-6-12/h3-10H,1-2H3. The van der Waals surface area contributed by atoms with Gasteiger partial charge in [-0.15, -0.1) is 0 Å². The van der Waals surface area contributed by atoms with Gasteiger partial charge in [-0.05, 0) is 53.5 Å². The Balaban J connectivity index is 2.17. The number of methoxy groups -OCH3 is 1. The fourth-order valence-electron chi connectivity index (χ4n) is 2.17. The Kier molecular flexibility index (Phi) is 2.99. The fraction of sp³-hybridized carbons (Fsp3) is 0.125. The van der Waals surface area contributed by atoms with Crippen LogP contribution in [0.2, 0.25) is 0 Å².